The van der Waals surface area contributed by atoms with E-state index >= 15 is 0 Å². The number of carbonyl (C=O) groups excluding carboxylic acids is 2. The number of hydrazine groups is 2. The van der Waals surface area contributed by atoms with Crippen LogP contribution in [0.25, 0.3) is 0 Å². The Morgan fingerprint density at radius 2 is 1.11 bits per heavy atom. The van der Waals surface area contributed by atoms with Gasteiger partial charge in [-0.05, 0) is 71.3 Å². The SMILES string of the molecule is CC(C)(C)c1ccc(N2C(c3ccc(C(=O)NN)cc3)CCC2c2ccc(C(=O)NN)cc2)cc1. The average molecular weight is 472 g/mol. The van der Waals surface area contributed by atoms with E-state index in [0.717, 1.165) is 29.7 Å². The Hall–Kier alpha value is -3.68. The summed E-state index contributed by atoms with van der Waals surface area (Å²) in [6.07, 6.45) is 1.91. The van der Waals surface area contributed by atoms with Crippen molar-refractivity contribution in [1.82, 2.24) is 10.9 Å². The summed E-state index contributed by atoms with van der Waals surface area (Å²) in [4.78, 5) is 26.2. The predicted molar refractivity (Wildman–Crippen MR) is 139 cm³/mol. The van der Waals surface area contributed by atoms with Gasteiger partial charge in [0.2, 0.25) is 0 Å². The summed E-state index contributed by atoms with van der Waals surface area (Å²) in [5, 5.41) is 0. The van der Waals surface area contributed by atoms with E-state index in [1.165, 1.54) is 5.56 Å². The van der Waals surface area contributed by atoms with Gasteiger partial charge in [0.05, 0.1) is 12.1 Å². The third-order valence-corrected chi connectivity index (χ3v) is 6.79. The van der Waals surface area contributed by atoms with Crippen LogP contribution >= 0.6 is 0 Å². The molecule has 0 saturated carbocycles. The Balaban J connectivity index is 1.71. The zero-order chi connectivity index (χ0) is 25.2. The molecule has 35 heavy (non-hydrogen) atoms. The lowest BCUT2D eigenvalue weighted by atomic mass is 9.87. The minimum atomic E-state index is -0.308. The highest BCUT2D eigenvalue weighted by molar-refractivity contribution is 5.94. The van der Waals surface area contributed by atoms with Crippen LogP contribution in [0.2, 0.25) is 0 Å². The van der Waals surface area contributed by atoms with Crippen molar-refractivity contribution in [3.8, 4) is 0 Å². The smallest absolute Gasteiger partial charge is 0.265 e. The number of nitrogens with zero attached hydrogens (tertiary/aromatic N) is 1. The highest BCUT2D eigenvalue weighted by atomic mass is 16.2. The van der Waals surface area contributed by atoms with Crippen molar-refractivity contribution >= 4 is 17.5 Å². The summed E-state index contributed by atoms with van der Waals surface area (Å²) in [5.41, 5.74) is 10.2. The summed E-state index contributed by atoms with van der Waals surface area (Å²) in [5.74, 6) is 9.96. The van der Waals surface area contributed by atoms with Crippen molar-refractivity contribution < 1.29 is 9.59 Å². The van der Waals surface area contributed by atoms with E-state index in [-0.39, 0.29) is 29.3 Å². The molecule has 2 amide bonds. The van der Waals surface area contributed by atoms with E-state index in [2.05, 4.69) is 60.8 Å². The van der Waals surface area contributed by atoms with Crippen LogP contribution in [0.5, 0.6) is 0 Å². The molecule has 7 nitrogen and oxygen atoms in total. The number of nitrogen functional groups attached to an aromatic ring is 2. The first kappa shape index (κ1) is 24.4. The molecule has 1 aliphatic heterocycles. The maximum atomic E-state index is 11.9. The molecule has 182 valence electrons. The number of hydrogen-bond donors (Lipinski definition) is 4. The first-order chi connectivity index (χ1) is 16.7. The molecule has 2 unspecified atom stereocenters. The fraction of sp³-hybridized carbons (Fsp3) is 0.286. The minimum Gasteiger partial charge on any atom is -0.357 e. The molecule has 1 fully saturated rings. The van der Waals surface area contributed by atoms with Gasteiger partial charge in [0, 0.05) is 16.8 Å². The van der Waals surface area contributed by atoms with Crippen LogP contribution in [-0.2, 0) is 5.41 Å². The predicted octanol–water partition coefficient (Wildman–Crippen LogP) is 4.27. The van der Waals surface area contributed by atoms with E-state index in [1.54, 1.807) is 0 Å². The van der Waals surface area contributed by atoms with E-state index in [9.17, 15) is 9.59 Å². The monoisotopic (exact) mass is 471 g/mol. The number of rotatable bonds is 5. The molecule has 1 saturated heterocycles. The standard InChI is InChI=1S/C28H33N5O2/c1-28(2,3)22-12-14-23(15-13-22)33-24(18-4-8-20(9-5-18)26(34)31-29)16-17-25(33)19-6-10-21(11-7-19)27(35)32-30/h4-15,24-25H,16-17,29-30H2,1-3H3,(H,31,34)(H,32,35). The molecule has 7 heteroatoms. The number of nitrogens with two attached hydrogens (primary N) is 2. The Bertz CT molecular complexity index is 1110. The van der Waals surface area contributed by atoms with Gasteiger partial charge in [-0.3, -0.25) is 20.4 Å². The second kappa shape index (κ2) is 9.90. The molecule has 4 rings (SSSR count). The fourth-order valence-electron chi connectivity index (χ4n) is 4.84. The second-order valence-electron chi connectivity index (χ2n) is 10.0. The first-order valence-electron chi connectivity index (χ1n) is 11.8. The van der Waals surface area contributed by atoms with Gasteiger partial charge < -0.3 is 4.90 Å². The van der Waals surface area contributed by atoms with E-state index in [1.807, 2.05) is 48.5 Å². The highest BCUT2D eigenvalue weighted by Gasteiger charge is 2.35. The minimum absolute atomic E-state index is 0.0706. The lowest BCUT2D eigenvalue weighted by molar-refractivity contribution is 0.0945. The van der Waals surface area contributed by atoms with Crippen molar-refractivity contribution in [2.24, 2.45) is 11.7 Å². The summed E-state index contributed by atoms with van der Waals surface area (Å²) >= 11 is 0. The molecule has 0 aliphatic carbocycles. The summed E-state index contributed by atoms with van der Waals surface area (Å²) in [6.45, 7) is 6.63. The summed E-state index contributed by atoms with van der Waals surface area (Å²) < 4.78 is 0. The molecule has 0 radical (unpaired) electrons. The molecule has 3 aromatic rings. The third-order valence-electron chi connectivity index (χ3n) is 6.79. The van der Waals surface area contributed by atoms with Gasteiger partial charge in [-0.15, -0.1) is 0 Å². The van der Waals surface area contributed by atoms with Gasteiger partial charge in [0.1, 0.15) is 0 Å². The van der Waals surface area contributed by atoms with Gasteiger partial charge in [-0.25, -0.2) is 11.7 Å². The Morgan fingerprint density at radius 1 is 0.714 bits per heavy atom. The molecular formula is C28H33N5O2. The van der Waals surface area contributed by atoms with Gasteiger partial charge in [-0.1, -0.05) is 57.2 Å². The second-order valence-corrected chi connectivity index (χ2v) is 10.0. The van der Waals surface area contributed by atoms with Crippen molar-refractivity contribution in [3.05, 3.63) is 101 Å². The molecule has 1 aliphatic rings. The zero-order valence-electron chi connectivity index (χ0n) is 20.4. The summed E-state index contributed by atoms with van der Waals surface area (Å²) in [6, 6.07) is 24.3. The molecule has 6 N–H and O–H groups in total. The molecule has 0 spiro atoms. The maximum absolute atomic E-state index is 11.9. The van der Waals surface area contributed by atoms with Gasteiger partial charge in [0.15, 0.2) is 0 Å². The number of nitrogens with one attached hydrogen (secondary N) is 2. The number of amides is 2. The van der Waals surface area contributed by atoms with E-state index in [4.69, 9.17) is 11.7 Å². The van der Waals surface area contributed by atoms with Crippen molar-refractivity contribution in [3.63, 3.8) is 0 Å². The van der Waals surface area contributed by atoms with Gasteiger partial charge >= 0.3 is 0 Å². The van der Waals surface area contributed by atoms with Gasteiger partial charge in [-0.2, -0.15) is 0 Å². The van der Waals surface area contributed by atoms with E-state index in [0.29, 0.717) is 11.1 Å². The van der Waals surface area contributed by atoms with Crippen molar-refractivity contribution in [2.75, 3.05) is 4.90 Å². The van der Waals surface area contributed by atoms with Crippen molar-refractivity contribution in [2.45, 2.75) is 51.1 Å². The highest BCUT2D eigenvalue weighted by Crippen LogP contribution is 2.47. The quantitative estimate of drug-likeness (QED) is 0.252. The molecule has 0 aromatic heterocycles. The number of benzene rings is 3. The zero-order valence-corrected chi connectivity index (χ0v) is 20.4. The van der Waals surface area contributed by atoms with Crippen LogP contribution < -0.4 is 27.4 Å². The molecular weight excluding hydrogens is 438 g/mol. The molecule has 3 aromatic carbocycles. The van der Waals surface area contributed by atoms with Crippen LogP contribution in [0.15, 0.2) is 72.8 Å². The third kappa shape index (κ3) is 5.06. The Morgan fingerprint density at radius 3 is 1.46 bits per heavy atom. The fourth-order valence-corrected chi connectivity index (χ4v) is 4.84. The molecule has 1 heterocycles. The summed E-state index contributed by atoms with van der Waals surface area (Å²) in [7, 11) is 0. The van der Waals surface area contributed by atoms with E-state index < -0.39 is 0 Å². The van der Waals surface area contributed by atoms with Crippen LogP contribution in [0.4, 0.5) is 5.69 Å². The number of hydrogen-bond acceptors (Lipinski definition) is 5. The Kier molecular flexibility index (Phi) is 6.91. The lowest BCUT2D eigenvalue weighted by Gasteiger charge is -2.34. The van der Waals surface area contributed by atoms with Crippen LogP contribution in [-0.4, -0.2) is 11.8 Å². The molecule has 0 bridgehead atoms. The maximum Gasteiger partial charge on any atom is 0.265 e. The average Bonchev–Trinajstić information content (AvgIpc) is 3.32. The van der Waals surface area contributed by atoms with Crippen LogP contribution in [0.3, 0.4) is 0 Å². The normalized spacial score (nSPS) is 17.8. The Labute approximate surface area is 206 Å². The van der Waals surface area contributed by atoms with Crippen LogP contribution in [0, 0.1) is 0 Å². The largest absolute Gasteiger partial charge is 0.357 e. The van der Waals surface area contributed by atoms with Gasteiger partial charge in [0.25, 0.3) is 11.8 Å². The number of anilines is 1. The number of carbonyl (C=O) groups is 2. The lowest BCUT2D eigenvalue weighted by Crippen LogP contribution is -2.30. The first-order valence-corrected chi connectivity index (χ1v) is 11.8. The van der Waals surface area contributed by atoms with Crippen molar-refractivity contribution in [1.29, 1.82) is 0 Å². The molecule has 2 atom stereocenters. The topological polar surface area (TPSA) is 113 Å². The van der Waals surface area contributed by atoms with Crippen LogP contribution in [0.1, 0.15) is 83.1 Å².